The van der Waals surface area contributed by atoms with Crippen LogP contribution in [0.3, 0.4) is 0 Å². The Morgan fingerprint density at radius 1 is 1.22 bits per heavy atom. The van der Waals surface area contributed by atoms with E-state index < -0.39 is 12.7 Å². The number of carbonyl (C=O) groups is 1. The first-order valence-corrected chi connectivity index (χ1v) is 8.57. The Kier molecular flexibility index (Phi) is 4.88. The molecule has 5 atom stereocenters. The number of fused-ring (bicyclic) bond motifs is 2. The summed E-state index contributed by atoms with van der Waals surface area (Å²) in [5, 5.41) is 12.6. The predicted molar refractivity (Wildman–Crippen MR) is 78.6 cm³/mol. The van der Waals surface area contributed by atoms with Crippen LogP contribution in [0, 0.1) is 23.7 Å². The van der Waals surface area contributed by atoms with E-state index in [-0.39, 0.29) is 36.9 Å². The maximum atomic E-state index is 12.5. The van der Waals surface area contributed by atoms with Crippen LogP contribution in [0.4, 0.5) is 13.2 Å². The lowest BCUT2D eigenvalue weighted by Crippen LogP contribution is -2.51. The number of halogens is 3. The quantitative estimate of drug-likeness (QED) is 0.824. The molecule has 2 N–H and O–H groups in total. The number of amides is 1. The van der Waals surface area contributed by atoms with Crippen LogP contribution in [0.25, 0.3) is 0 Å². The van der Waals surface area contributed by atoms with E-state index in [4.69, 9.17) is 0 Å². The second kappa shape index (κ2) is 6.59. The minimum absolute atomic E-state index is 0.00393. The van der Waals surface area contributed by atoms with Gasteiger partial charge in [0.15, 0.2) is 0 Å². The van der Waals surface area contributed by atoms with Gasteiger partial charge in [0, 0.05) is 25.1 Å². The maximum Gasteiger partial charge on any atom is 0.401 e. The second-order valence-corrected chi connectivity index (χ2v) is 7.40. The molecule has 23 heavy (non-hydrogen) atoms. The topological polar surface area (TPSA) is 52.6 Å². The average Bonchev–Trinajstić information content (AvgIpc) is 3.06. The Balaban J connectivity index is 1.55. The molecule has 2 bridgehead atoms. The lowest BCUT2D eigenvalue weighted by molar-refractivity contribution is -0.152. The molecule has 1 heterocycles. The number of rotatable bonds is 4. The third kappa shape index (κ3) is 3.82. The van der Waals surface area contributed by atoms with Crippen LogP contribution in [0.5, 0.6) is 0 Å². The third-order valence-corrected chi connectivity index (χ3v) is 5.89. The smallest absolute Gasteiger partial charge is 0.396 e. The number of aliphatic hydroxyl groups is 1. The van der Waals surface area contributed by atoms with Crippen LogP contribution in [0.2, 0.25) is 0 Å². The van der Waals surface area contributed by atoms with E-state index in [1.165, 1.54) is 4.90 Å². The monoisotopic (exact) mass is 334 g/mol. The highest BCUT2D eigenvalue weighted by atomic mass is 19.4. The van der Waals surface area contributed by atoms with Crippen molar-refractivity contribution in [3.8, 4) is 0 Å². The molecule has 1 amide bonds. The van der Waals surface area contributed by atoms with Crippen molar-refractivity contribution >= 4 is 5.91 Å². The Morgan fingerprint density at radius 3 is 2.65 bits per heavy atom. The fraction of sp³-hybridized carbons (Fsp3) is 0.938. The van der Waals surface area contributed by atoms with E-state index in [2.05, 4.69) is 5.32 Å². The fourth-order valence-electron chi connectivity index (χ4n) is 4.85. The minimum Gasteiger partial charge on any atom is -0.396 e. The van der Waals surface area contributed by atoms with Crippen LogP contribution in [-0.2, 0) is 4.79 Å². The summed E-state index contributed by atoms with van der Waals surface area (Å²) in [7, 11) is 0. The van der Waals surface area contributed by atoms with Gasteiger partial charge < -0.3 is 10.4 Å². The van der Waals surface area contributed by atoms with Crippen molar-refractivity contribution in [1.29, 1.82) is 0 Å². The van der Waals surface area contributed by atoms with Crippen molar-refractivity contribution < 1.29 is 23.1 Å². The molecular formula is C16H25F3N2O2. The van der Waals surface area contributed by atoms with Gasteiger partial charge in [0.1, 0.15) is 0 Å². The first-order chi connectivity index (χ1) is 10.9. The zero-order valence-corrected chi connectivity index (χ0v) is 13.2. The molecular weight excluding hydrogens is 309 g/mol. The standard InChI is InChI=1S/C16H25F3N2O2/c17-16(18,19)9-21-5-1-2-12(7-21)15(23)20-14-11-4-3-10(6-11)13(14)8-22/h10-14,22H,1-9H2,(H,20,23). The number of carbonyl (C=O) groups excluding carboxylic acids is 1. The predicted octanol–water partition coefficient (Wildman–Crippen LogP) is 1.78. The van der Waals surface area contributed by atoms with Gasteiger partial charge in [-0.3, -0.25) is 9.69 Å². The molecule has 0 aromatic carbocycles. The van der Waals surface area contributed by atoms with Crippen molar-refractivity contribution in [2.45, 2.75) is 44.3 Å². The molecule has 3 fully saturated rings. The van der Waals surface area contributed by atoms with E-state index in [0.29, 0.717) is 31.2 Å². The highest BCUT2D eigenvalue weighted by Crippen LogP contribution is 2.48. The Morgan fingerprint density at radius 2 is 1.96 bits per heavy atom. The Hall–Kier alpha value is -0.820. The molecule has 1 saturated heterocycles. The number of nitrogens with zero attached hydrogens (tertiary/aromatic N) is 1. The molecule has 0 aromatic heterocycles. The Labute approximate surface area is 134 Å². The molecule has 7 heteroatoms. The number of piperidine rings is 1. The van der Waals surface area contributed by atoms with Crippen molar-refractivity contribution in [3.05, 3.63) is 0 Å². The van der Waals surface area contributed by atoms with E-state index in [1.807, 2.05) is 0 Å². The largest absolute Gasteiger partial charge is 0.401 e. The van der Waals surface area contributed by atoms with Crippen LogP contribution < -0.4 is 5.32 Å². The molecule has 2 saturated carbocycles. The number of hydrogen-bond donors (Lipinski definition) is 2. The summed E-state index contributed by atoms with van der Waals surface area (Å²) in [5.41, 5.74) is 0. The van der Waals surface area contributed by atoms with Crippen molar-refractivity contribution in [2.75, 3.05) is 26.2 Å². The average molecular weight is 334 g/mol. The van der Waals surface area contributed by atoms with Crippen LogP contribution >= 0.6 is 0 Å². The zero-order valence-electron chi connectivity index (χ0n) is 13.2. The molecule has 0 aromatic rings. The van der Waals surface area contributed by atoms with Gasteiger partial charge in [0.05, 0.1) is 12.5 Å². The number of likely N-dealkylation sites (tertiary alicyclic amines) is 1. The summed E-state index contributed by atoms with van der Waals surface area (Å²) in [5.74, 6) is 0.532. The normalized spacial score (nSPS) is 38.0. The van der Waals surface area contributed by atoms with Gasteiger partial charge in [-0.05, 0) is 50.5 Å². The summed E-state index contributed by atoms with van der Waals surface area (Å²) in [6.07, 6.45) is 0.299. The molecule has 0 spiro atoms. The highest BCUT2D eigenvalue weighted by molar-refractivity contribution is 5.79. The van der Waals surface area contributed by atoms with Gasteiger partial charge in [-0.2, -0.15) is 13.2 Å². The fourth-order valence-corrected chi connectivity index (χ4v) is 4.85. The van der Waals surface area contributed by atoms with E-state index in [9.17, 15) is 23.1 Å². The molecule has 4 nitrogen and oxygen atoms in total. The van der Waals surface area contributed by atoms with Gasteiger partial charge in [-0.25, -0.2) is 0 Å². The minimum atomic E-state index is -4.22. The lowest BCUT2D eigenvalue weighted by Gasteiger charge is -2.35. The highest BCUT2D eigenvalue weighted by Gasteiger charge is 2.48. The first kappa shape index (κ1) is 17.0. The summed E-state index contributed by atoms with van der Waals surface area (Å²) in [6.45, 7) is -0.284. The van der Waals surface area contributed by atoms with Crippen LogP contribution in [0.1, 0.15) is 32.1 Å². The zero-order chi connectivity index (χ0) is 16.6. The summed E-state index contributed by atoms with van der Waals surface area (Å²) in [6, 6.07) is 0.00393. The van der Waals surface area contributed by atoms with E-state index in [1.54, 1.807) is 0 Å². The van der Waals surface area contributed by atoms with Crippen LogP contribution in [0.15, 0.2) is 0 Å². The van der Waals surface area contributed by atoms with E-state index >= 15 is 0 Å². The van der Waals surface area contributed by atoms with Crippen molar-refractivity contribution in [3.63, 3.8) is 0 Å². The SMILES string of the molecule is O=C(NC1C2CCC(C2)C1CO)C1CCCN(CC(F)(F)F)C1. The number of nitrogens with one attached hydrogen (secondary N) is 1. The van der Waals surface area contributed by atoms with E-state index in [0.717, 1.165) is 19.3 Å². The molecule has 0 radical (unpaired) electrons. The molecule has 1 aliphatic heterocycles. The summed E-state index contributed by atoms with van der Waals surface area (Å²) < 4.78 is 37.6. The van der Waals surface area contributed by atoms with Gasteiger partial charge in [-0.15, -0.1) is 0 Å². The van der Waals surface area contributed by atoms with Gasteiger partial charge in [0.2, 0.25) is 5.91 Å². The van der Waals surface area contributed by atoms with Crippen LogP contribution in [-0.4, -0.2) is 54.4 Å². The van der Waals surface area contributed by atoms with Gasteiger partial charge in [-0.1, -0.05) is 0 Å². The van der Waals surface area contributed by atoms with Crippen molar-refractivity contribution in [2.24, 2.45) is 23.7 Å². The number of aliphatic hydroxyl groups excluding tert-OH is 1. The first-order valence-electron chi connectivity index (χ1n) is 8.57. The van der Waals surface area contributed by atoms with Crippen molar-refractivity contribution in [1.82, 2.24) is 10.2 Å². The number of hydrogen-bond acceptors (Lipinski definition) is 3. The third-order valence-electron chi connectivity index (χ3n) is 5.89. The molecule has 3 rings (SSSR count). The molecule has 2 aliphatic carbocycles. The molecule has 3 aliphatic rings. The molecule has 132 valence electrons. The Bertz CT molecular complexity index is 444. The second-order valence-electron chi connectivity index (χ2n) is 7.40. The van der Waals surface area contributed by atoms with Gasteiger partial charge >= 0.3 is 6.18 Å². The van der Waals surface area contributed by atoms with Gasteiger partial charge in [0.25, 0.3) is 0 Å². The lowest BCUT2D eigenvalue weighted by atomic mass is 9.84. The molecule has 5 unspecified atom stereocenters. The number of alkyl halides is 3. The summed E-state index contributed by atoms with van der Waals surface area (Å²) in [4.78, 5) is 13.8. The summed E-state index contributed by atoms with van der Waals surface area (Å²) >= 11 is 0. The maximum absolute atomic E-state index is 12.5.